The van der Waals surface area contributed by atoms with Crippen LogP contribution in [0.1, 0.15) is 16.7 Å². The van der Waals surface area contributed by atoms with Crippen molar-refractivity contribution in [2.75, 3.05) is 0 Å². The number of hydrogen-bond donors (Lipinski definition) is 1. The van der Waals surface area contributed by atoms with Gasteiger partial charge in [-0.25, -0.2) is 0 Å². The van der Waals surface area contributed by atoms with E-state index in [1.54, 1.807) is 24.3 Å². The average molecular weight is 391 g/mol. The highest BCUT2D eigenvalue weighted by atomic mass is 32.2. The molecular formula is C23H22N2O2S. The van der Waals surface area contributed by atoms with Crippen molar-refractivity contribution >= 4 is 21.8 Å². The number of sulfonamides is 1. The first-order valence-electron chi connectivity index (χ1n) is 8.95. The van der Waals surface area contributed by atoms with E-state index in [9.17, 15) is 8.42 Å². The highest BCUT2D eigenvalue weighted by molar-refractivity contribution is 7.89. The van der Waals surface area contributed by atoms with Crippen molar-refractivity contribution in [1.82, 2.24) is 4.83 Å². The molecule has 0 aliphatic heterocycles. The zero-order valence-corrected chi connectivity index (χ0v) is 16.4. The molecule has 0 aliphatic carbocycles. The monoisotopic (exact) mass is 390 g/mol. The smallest absolute Gasteiger partial charge is 0.200 e. The molecule has 0 heterocycles. The summed E-state index contributed by atoms with van der Waals surface area (Å²) in [6.45, 7) is 1.91. The number of nitrogens with zero attached hydrogens (tertiary/aromatic N) is 1. The first-order chi connectivity index (χ1) is 13.5. The predicted molar refractivity (Wildman–Crippen MR) is 115 cm³/mol. The summed E-state index contributed by atoms with van der Waals surface area (Å²) in [6.07, 6.45) is 4.27. The lowest BCUT2D eigenvalue weighted by Crippen LogP contribution is -2.20. The Labute approximate surface area is 166 Å². The average Bonchev–Trinajstić information content (AvgIpc) is 2.72. The van der Waals surface area contributed by atoms with Crippen molar-refractivity contribution in [3.05, 3.63) is 108 Å². The van der Waals surface area contributed by atoms with Gasteiger partial charge in [-0.05, 0) is 36.3 Å². The van der Waals surface area contributed by atoms with Crippen molar-refractivity contribution in [3.8, 4) is 0 Å². The molecule has 3 aromatic rings. The third-order valence-electron chi connectivity index (χ3n) is 4.14. The van der Waals surface area contributed by atoms with Gasteiger partial charge in [-0.2, -0.15) is 18.4 Å². The standard InChI is InChI=1S/C23H22N2O2S/c1-19-12-16-23(17-13-19)28(26,27)25-24-22(18-21-10-6-3-7-11-21)15-14-20-8-4-2-5-9-20/h2-17,25H,18H2,1H3/b15-14+,24-22-. The number of nitrogens with one attached hydrogen (secondary N) is 1. The Morgan fingerprint density at radius 3 is 2.14 bits per heavy atom. The molecule has 0 saturated carbocycles. The number of benzene rings is 3. The fourth-order valence-electron chi connectivity index (χ4n) is 2.59. The topological polar surface area (TPSA) is 58.5 Å². The number of rotatable bonds is 7. The van der Waals surface area contributed by atoms with E-state index < -0.39 is 10.0 Å². The minimum atomic E-state index is -3.72. The molecule has 0 saturated heterocycles. The van der Waals surface area contributed by atoms with Crippen molar-refractivity contribution < 1.29 is 8.42 Å². The van der Waals surface area contributed by atoms with Gasteiger partial charge in [0.05, 0.1) is 10.6 Å². The van der Waals surface area contributed by atoms with Crippen LogP contribution in [0, 0.1) is 6.92 Å². The quantitative estimate of drug-likeness (QED) is 0.474. The first-order valence-corrected chi connectivity index (χ1v) is 10.4. The summed E-state index contributed by atoms with van der Waals surface area (Å²) in [7, 11) is -3.72. The summed E-state index contributed by atoms with van der Waals surface area (Å²) in [5.74, 6) is 0. The van der Waals surface area contributed by atoms with E-state index in [2.05, 4.69) is 9.93 Å². The van der Waals surface area contributed by atoms with E-state index in [0.29, 0.717) is 12.1 Å². The molecule has 5 heteroatoms. The minimum Gasteiger partial charge on any atom is -0.200 e. The lowest BCUT2D eigenvalue weighted by Gasteiger charge is -2.07. The van der Waals surface area contributed by atoms with Crippen molar-refractivity contribution in [1.29, 1.82) is 0 Å². The summed E-state index contributed by atoms with van der Waals surface area (Å²) in [5.41, 5.74) is 3.68. The van der Waals surface area contributed by atoms with Crippen LogP contribution >= 0.6 is 0 Å². The van der Waals surface area contributed by atoms with Crippen LogP contribution in [-0.4, -0.2) is 14.1 Å². The highest BCUT2D eigenvalue weighted by Crippen LogP contribution is 2.11. The molecule has 28 heavy (non-hydrogen) atoms. The van der Waals surface area contributed by atoms with Gasteiger partial charge in [0.15, 0.2) is 0 Å². The number of aryl methyl sites for hydroxylation is 1. The van der Waals surface area contributed by atoms with Crippen LogP contribution in [0.15, 0.2) is 101 Å². The second-order valence-electron chi connectivity index (χ2n) is 6.42. The second kappa shape index (κ2) is 9.15. The third-order valence-corrected chi connectivity index (χ3v) is 5.36. The van der Waals surface area contributed by atoms with Gasteiger partial charge in [0.25, 0.3) is 10.0 Å². The Morgan fingerprint density at radius 2 is 1.50 bits per heavy atom. The molecule has 4 nitrogen and oxygen atoms in total. The van der Waals surface area contributed by atoms with E-state index in [1.165, 1.54) is 0 Å². The lowest BCUT2D eigenvalue weighted by atomic mass is 10.1. The largest absolute Gasteiger partial charge is 0.276 e. The van der Waals surface area contributed by atoms with Crippen LogP contribution < -0.4 is 4.83 Å². The van der Waals surface area contributed by atoms with Gasteiger partial charge in [-0.15, -0.1) is 0 Å². The molecule has 0 radical (unpaired) electrons. The third kappa shape index (κ3) is 5.66. The molecule has 3 rings (SSSR count). The Kier molecular flexibility index (Phi) is 6.40. The molecule has 142 valence electrons. The summed E-state index contributed by atoms with van der Waals surface area (Å²) in [4.78, 5) is 2.55. The Morgan fingerprint density at radius 1 is 0.893 bits per heavy atom. The number of hydrogen-bond acceptors (Lipinski definition) is 3. The molecule has 0 aliphatic rings. The van der Waals surface area contributed by atoms with Gasteiger partial charge in [0.2, 0.25) is 0 Å². The van der Waals surface area contributed by atoms with Crippen LogP contribution in [-0.2, 0) is 16.4 Å². The van der Waals surface area contributed by atoms with E-state index >= 15 is 0 Å². The van der Waals surface area contributed by atoms with E-state index in [-0.39, 0.29) is 4.90 Å². The maximum atomic E-state index is 12.5. The van der Waals surface area contributed by atoms with Gasteiger partial charge in [0, 0.05) is 6.42 Å². The SMILES string of the molecule is Cc1ccc(S(=O)(=O)N/N=C(/C=C/c2ccccc2)Cc2ccccc2)cc1. The van der Waals surface area contributed by atoms with Gasteiger partial charge >= 0.3 is 0 Å². The summed E-state index contributed by atoms with van der Waals surface area (Å²) in [5, 5.41) is 4.20. The van der Waals surface area contributed by atoms with Gasteiger partial charge in [-0.1, -0.05) is 84.4 Å². The normalized spacial score (nSPS) is 12.2. The lowest BCUT2D eigenvalue weighted by molar-refractivity contribution is 0.584. The summed E-state index contributed by atoms with van der Waals surface area (Å²) < 4.78 is 25.1. The van der Waals surface area contributed by atoms with Gasteiger partial charge in [0.1, 0.15) is 0 Å². The maximum Gasteiger partial charge on any atom is 0.276 e. The zero-order chi connectivity index (χ0) is 19.8. The van der Waals surface area contributed by atoms with E-state index in [0.717, 1.165) is 16.7 Å². The van der Waals surface area contributed by atoms with E-state index in [1.807, 2.05) is 79.7 Å². The van der Waals surface area contributed by atoms with Crippen LogP contribution in [0.25, 0.3) is 6.08 Å². The highest BCUT2D eigenvalue weighted by Gasteiger charge is 2.12. The van der Waals surface area contributed by atoms with Crippen LogP contribution in [0.5, 0.6) is 0 Å². The molecule has 0 amide bonds. The first kappa shape index (κ1) is 19.6. The predicted octanol–water partition coefficient (Wildman–Crippen LogP) is 4.59. The molecule has 0 bridgehead atoms. The number of allylic oxidation sites excluding steroid dienone is 1. The van der Waals surface area contributed by atoms with Crippen molar-refractivity contribution in [3.63, 3.8) is 0 Å². The molecule has 3 aromatic carbocycles. The fourth-order valence-corrected chi connectivity index (χ4v) is 3.42. The van der Waals surface area contributed by atoms with E-state index in [4.69, 9.17) is 0 Å². The Hall–Kier alpha value is -3.18. The van der Waals surface area contributed by atoms with Gasteiger partial charge < -0.3 is 0 Å². The maximum absolute atomic E-state index is 12.5. The molecule has 0 atom stereocenters. The summed E-state index contributed by atoms with van der Waals surface area (Å²) >= 11 is 0. The molecule has 0 spiro atoms. The fraction of sp³-hybridized carbons (Fsp3) is 0.0870. The second-order valence-corrected chi connectivity index (χ2v) is 8.08. The van der Waals surface area contributed by atoms with Crippen molar-refractivity contribution in [2.24, 2.45) is 5.10 Å². The zero-order valence-electron chi connectivity index (χ0n) is 15.6. The van der Waals surface area contributed by atoms with Crippen LogP contribution in [0.3, 0.4) is 0 Å². The molecule has 0 fully saturated rings. The molecule has 1 N–H and O–H groups in total. The minimum absolute atomic E-state index is 0.188. The van der Waals surface area contributed by atoms with Crippen LogP contribution in [0.2, 0.25) is 0 Å². The van der Waals surface area contributed by atoms with Crippen LogP contribution in [0.4, 0.5) is 0 Å². The van der Waals surface area contributed by atoms with Gasteiger partial charge in [-0.3, -0.25) is 0 Å². The Bertz CT molecular complexity index is 1060. The number of hydrazone groups is 1. The molecular weight excluding hydrogens is 368 g/mol. The summed E-state index contributed by atoms with van der Waals surface area (Å²) in [6, 6.07) is 26.3. The molecule has 0 aromatic heterocycles. The van der Waals surface area contributed by atoms with Crippen molar-refractivity contribution in [2.45, 2.75) is 18.2 Å². The molecule has 0 unspecified atom stereocenters. The Balaban J connectivity index is 1.84.